The first-order valence-electron chi connectivity index (χ1n) is 7.75. The molecule has 0 heterocycles. The molecule has 0 saturated carbocycles. The van der Waals surface area contributed by atoms with E-state index in [1.165, 1.54) is 24.3 Å². The van der Waals surface area contributed by atoms with Crippen LogP contribution in [0.3, 0.4) is 0 Å². The second-order valence-electron chi connectivity index (χ2n) is 5.37. The second kappa shape index (κ2) is 9.10. The fraction of sp³-hybridized carbons (Fsp3) is 0.278. The van der Waals surface area contributed by atoms with Crippen molar-refractivity contribution < 1.29 is 37.6 Å². The van der Waals surface area contributed by atoms with Gasteiger partial charge in [-0.1, -0.05) is 36.4 Å². The van der Waals surface area contributed by atoms with E-state index in [4.69, 9.17) is 9.62 Å². The molecule has 0 amide bonds. The van der Waals surface area contributed by atoms with E-state index in [1.54, 1.807) is 36.4 Å². The van der Waals surface area contributed by atoms with E-state index in [0.717, 1.165) is 0 Å². The summed E-state index contributed by atoms with van der Waals surface area (Å²) in [6.45, 7) is 0. The number of aliphatic hydroxyl groups excluding tert-OH is 1. The molecule has 2 aromatic carbocycles. The maximum atomic E-state index is 12.4. The van der Waals surface area contributed by atoms with E-state index in [0.29, 0.717) is 0 Å². The van der Waals surface area contributed by atoms with Gasteiger partial charge >= 0.3 is 12.1 Å². The van der Waals surface area contributed by atoms with Crippen LogP contribution in [-0.4, -0.2) is 29.5 Å². The predicted molar refractivity (Wildman–Crippen MR) is 85.3 cm³/mol. The van der Waals surface area contributed by atoms with Crippen molar-refractivity contribution in [3.63, 3.8) is 0 Å². The first-order chi connectivity index (χ1) is 12.3. The van der Waals surface area contributed by atoms with Crippen LogP contribution in [0.1, 0.15) is 12.8 Å². The standard InChI is InChI=1S/C18H17F3O5/c19-18(20,21)12-11-15(22)16(24-13-7-3-1-4-8-13)17(23)26-25-14-9-5-2-6-10-14/h1-10,15-16,22H,11-12H2. The van der Waals surface area contributed by atoms with E-state index in [1.807, 2.05) is 0 Å². The molecule has 0 spiro atoms. The van der Waals surface area contributed by atoms with Crippen molar-refractivity contribution in [3.8, 4) is 11.5 Å². The zero-order valence-corrected chi connectivity index (χ0v) is 13.6. The van der Waals surface area contributed by atoms with E-state index in [9.17, 15) is 23.1 Å². The molecule has 2 aromatic rings. The van der Waals surface area contributed by atoms with E-state index >= 15 is 0 Å². The van der Waals surface area contributed by atoms with Gasteiger partial charge in [-0.2, -0.15) is 13.2 Å². The average molecular weight is 370 g/mol. The number of carbonyl (C=O) groups is 1. The van der Waals surface area contributed by atoms with Gasteiger partial charge in [0.25, 0.3) is 0 Å². The Kier molecular flexibility index (Phi) is 6.85. The molecule has 5 nitrogen and oxygen atoms in total. The highest BCUT2D eigenvalue weighted by Gasteiger charge is 2.36. The van der Waals surface area contributed by atoms with Gasteiger partial charge in [0, 0.05) is 6.42 Å². The number of para-hydroxylation sites is 2. The maximum absolute atomic E-state index is 12.4. The van der Waals surface area contributed by atoms with Crippen molar-refractivity contribution in [2.75, 3.05) is 0 Å². The molecule has 2 unspecified atom stereocenters. The number of benzene rings is 2. The molecule has 0 aromatic heterocycles. The normalized spacial score (nSPS) is 13.5. The fourth-order valence-corrected chi connectivity index (χ4v) is 2.00. The van der Waals surface area contributed by atoms with Gasteiger partial charge in [-0.3, -0.25) is 4.89 Å². The van der Waals surface area contributed by atoms with Crippen LogP contribution < -0.4 is 9.62 Å². The summed E-state index contributed by atoms with van der Waals surface area (Å²) < 4.78 is 42.5. The molecule has 0 bridgehead atoms. The highest BCUT2D eigenvalue weighted by Crippen LogP contribution is 2.24. The monoisotopic (exact) mass is 370 g/mol. The minimum Gasteiger partial charge on any atom is -0.476 e. The van der Waals surface area contributed by atoms with E-state index < -0.39 is 37.2 Å². The summed E-state index contributed by atoms with van der Waals surface area (Å²) in [7, 11) is 0. The van der Waals surface area contributed by atoms with Crippen molar-refractivity contribution in [2.24, 2.45) is 0 Å². The third kappa shape index (κ3) is 6.64. The molecular formula is C18H17F3O5. The van der Waals surface area contributed by atoms with Crippen LogP contribution >= 0.6 is 0 Å². The Hall–Kier alpha value is -2.74. The fourth-order valence-electron chi connectivity index (χ4n) is 2.00. The number of aliphatic hydroxyl groups is 1. The van der Waals surface area contributed by atoms with Gasteiger partial charge in [-0.05, 0) is 30.7 Å². The van der Waals surface area contributed by atoms with Gasteiger partial charge in [-0.15, -0.1) is 0 Å². The van der Waals surface area contributed by atoms with E-state index in [-0.39, 0.29) is 11.5 Å². The Balaban J connectivity index is 2.04. The smallest absolute Gasteiger partial charge is 0.398 e. The van der Waals surface area contributed by atoms with Crippen molar-refractivity contribution >= 4 is 5.97 Å². The predicted octanol–water partition coefficient (Wildman–Crippen LogP) is 3.67. The highest BCUT2D eigenvalue weighted by atomic mass is 19.4. The summed E-state index contributed by atoms with van der Waals surface area (Å²) in [4.78, 5) is 21.6. The lowest BCUT2D eigenvalue weighted by molar-refractivity contribution is -0.226. The zero-order valence-electron chi connectivity index (χ0n) is 13.6. The SMILES string of the molecule is O=C(OOc1ccccc1)C(Oc1ccccc1)C(O)CCC(F)(F)F. The van der Waals surface area contributed by atoms with Gasteiger partial charge in [-0.25, -0.2) is 9.68 Å². The van der Waals surface area contributed by atoms with Crippen LogP contribution in [0.5, 0.6) is 11.5 Å². The lowest BCUT2D eigenvalue weighted by Crippen LogP contribution is -2.41. The number of rotatable bonds is 8. The molecule has 26 heavy (non-hydrogen) atoms. The van der Waals surface area contributed by atoms with Crippen LogP contribution in [0.2, 0.25) is 0 Å². The summed E-state index contributed by atoms with van der Waals surface area (Å²) >= 11 is 0. The van der Waals surface area contributed by atoms with Crippen LogP contribution in [0.25, 0.3) is 0 Å². The topological polar surface area (TPSA) is 65.0 Å². The number of ether oxygens (including phenoxy) is 1. The molecule has 2 rings (SSSR count). The van der Waals surface area contributed by atoms with Gasteiger partial charge in [0.1, 0.15) is 11.9 Å². The Labute approximate surface area is 147 Å². The molecule has 0 radical (unpaired) electrons. The molecule has 1 N–H and O–H groups in total. The number of carbonyl (C=O) groups excluding carboxylic acids is 1. The Morgan fingerprint density at radius 3 is 2.04 bits per heavy atom. The lowest BCUT2D eigenvalue weighted by Gasteiger charge is -2.22. The highest BCUT2D eigenvalue weighted by molar-refractivity contribution is 5.75. The second-order valence-corrected chi connectivity index (χ2v) is 5.37. The number of hydrogen-bond acceptors (Lipinski definition) is 5. The first-order valence-corrected chi connectivity index (χ1v) is 7.75. The third-order valence-corrected chi connectivity index (χ3v) is 3.27. The molecule has 0 aliphatic rings. The summed E-state index contributed by atoms with van der Waals surface area (Å²) in [5, 5.41) is 10.0. The summed E-state index contributed by atoms with van der Waals surface area (Å²) in [6, 6.07) is 15.9. The van der Waals surface area contributed by atoms with Gasteiger partial charge in [0.2, 0.25) is 6.10 Å². The average Bonchev–Trinajstić information content (AvgIpc) is 2.63. The molecular weight excluding hydrogens is 353 g/mol. The molecule has 0 aliphatic carbocycles. The summed E-state index contributed by atoms with van der Waals surface area (Å²) in [6.07, 6.45) is -9.87. The minimum atomic E-state index is -4.47. The van der Waals surface area contributed by atoms with Gasteiger partial charge in [0.05, 0.1) is 0 Å². The molecule has 8 heteroatoms. The molecule has 0 aliphatic heterocycles. The van der Waals surface area contributed by atoms with Crippen LogP contribution in [0.4, 0.5) is 13.2 Å². The van der Waals surface area contributed by atoms with Gasteiger partial charge < -0.3 is 9.84 Å². The zero-order chi connectivity index (χ0) is 19.0. The van der Waals surface area contributed by atoms with E-state index in [2.05, 4.69) is 4.89 Å². The molecule has 0 fully saturated rings. The van der Waals surface area contributed by atoms with Crippen molar-refractivity contribution in [2.45, 2.75) is 31.2 Å². The first kappa shape index (κ1) is 19.6. The van der Waals surface area contributed by atoms with Crippen molar-refractivity contribution in [1.29, 1.82) is 0 Å². The molecule has 140 valence electrons. The Morgan fingerprint density at radius 1 is 0.962 bits per heavy atom. The van der Waals surface area contributed by atoms with Crippen molar-refractivity contribution in [3.05, 3.63) is 60.7 Å². The quantitative estimate of drug-likeness (QED) is 0.567. The lowest BCUT2D eigenvalue weighted by atomic mass is 10.1. The Bertz CT molecular complexity index is 676. The minimum absolute atomic E-state index is 0.195. The largest absolute Gasteiger partial charge is 0.476 e. The van der Waals surface area contributed by atoms with Crippen LogP contribution in [0, 0.1) is 0 Å². The van der Waals surface area contributed by atoms with Crippen molar-refractivity contribution in [1.82, 2.24) is 0 Å². The third-order valence-electron chi connectivity index (χ3n) is 3.27. The van der Waals surface area contributed by atoms with Crippen LogP contribution in [0.15, 0.2) is 60.7 Å². The molecule has 0 saturated heterocycles. The number of hydrogen-bond donors (Lipinski definition) is 1. The number of halogens is 3. The summed E-state index contributed by atoms with van der Waals surface area (Å²) in [5.74, 6) is -0.739. The number of alkyl halides is 3. The van der Waals surface area contributed by atoms with Crippen LogP contribution in [-0.2, 0) is 9.68 Å². The molecule has 2 atom stereocenters. The van der Waals surface area contributed by atoms with Gasteiger partial charge in [0.15, 0.2) is 5.75 Å². The Morgan fingerprint density at radius 2 is 1.50 bits per heavy atom. The summed E-state index contributed by atoms with van der Waals surface area (Å²) in [5.41, 5.74) is 0. The maximum Gasteiger partial charge on any atom is 0.398 e.